The Morgan fingerprint density at radius 2 is 1.95 bits per heavy atom. The fraction of sp³-hybridized carbons (Fsp3) is 0.385. The van der Waals surface area contributed by atoms with Gasteiger partial charge in [-0.2, -0.15) is 0 Å². The van der Waals surface area contributed by atoms with E-state index in [-0.39, 0.29) is 5.54 Å². The third kappa shape index (κ3) is 4.31. The van der Waals surface area contributed by atoms with Crippen molar-refractivity contribution < 1.29 is 8.42 Å². The molecule has 0 aliphatic heterocycles. The molecule has 0 amide bonds. The molecule has 0 radical (unpaired) electrons. The first kappa shape index (κ1) is 14.5. The summed E-state index contributed by atoms with van der Waals surface area (Å²) in [6.45, 7) is 0.292. The molecule has 0 heterocycles. The number of hydrogen-bond donors (Lipinski definition) is 2. The molecule has 1 aromatic carbocycles. The Balaban J connectivity index is 1.94. The summed E-state index contributed by atoms with van der Waals surface area (Å²) >= 11 is 5.76. The van der Waals surface area contributed by atoms with E-state index in [0.717, 1.165) is 30.2 Å². The molecule has 0 aromatic heterocycles. The van der Waals surface area contributed by atoms with Gasteiger partial charge < -0.3 is 5.73 Å². The first-order valence-electron chi connectivity index (χ1n) is 6.11. The zero-order valence-electron chi connectivity index (χ0n) is 10.5. The topological polar surface area (TPSA) is 72.2 Å². The molecule has 0 spiro atoms. The maximum Gasteiger partial charge on any atom is 0.233 e. The smallest absolute Gasteiger partial charge is 0.233 e. The van der Waals surface area contributed by atoms with Crippen molar-refractivity contribution in [3.63, 3.8) is 0 Å². The molecule has 6 heteroatoms. The molecular formula is C13H17ClN2O2S. The van der Waals surface area contributed by atoms with E-state index in [4.69, 9.17) is 17.3 Å². The molecule has 1 aliphatic rings. The van der Waals surface area contributed by atoms with E-state index in [2.05, 4.69) is 4.72 Å². The molecule has 1 fully saturated rings. The number of nitrogens with two attached hydrogens (primary N) is 1. The average Bonchev–Trinajstić information content (AvgIpc) is 2.34. The summed E-state index contributed by atoms with van der Waals surface area (Å²) in [5.74, 6) is 0. The molecule has 0 saturated heterocycles. The minimum Gasteiger partial charge on any atom is -0.324 e. The summed E-state index contributed by atoms with van der Waals surface area (Å²) in [5.41, 5.74) is 6.39. The lowest BCUT2D eigenvalue weighted by Gasteiger charge is -2.37. The van der Waals surface area contributed by atoms with Crippen LogP contribution in [0.3, 0.4) is 0 Å². The zero-order chi connectivity index (χ0) is 13.9. The molecule has 0 atom stereocenters. The molecule has 0 bridgehead atoms. The molecule has 1 saturated carbocycles. The maximum atomic E-state index is 11.8. The third-order valence-corrected chi connectivity index (χ3v) is 4.58. The van der Waals surface area contributed by atoms with Crippen molar-refractivity contribution in [3.8, 4) is 0 Å². The molecule has 4 nitrogen and oxygen atoms in total. The van der Waals surface area contributed by atoms with Gasteiger partial charge in [-0.3, -0.25) is 0 Å². The lowest BCUT2D eigenvalue weighted by Crippen LogP contribution is -2.54. The molecule has 3 N–H and O–H groups in total. The van der Waals surface area contributed by atoms with E-state index in [9.17, 15) is 8.42 Å². The largest absolute Gasteiger partial charge is 0.324 e. The van der Waals surface area contributed by atoms with Crippen LogP contribution in [0.2, 0.25) is 5.02 Å². The standard InChI is InChI=1S/C13H17ClN2O2S/c14-12-4-2-11(3-5-12)6-9-19(17,18)16-10-13(15)7-1-8-13/h2-6,9,16H,1,7-8,10,15H2/b9-6+. The van der Waals surface area contributed by atoms with E-state index in [0.29, 0.717) is 11.6 Å². The van der Waals surface area contributed by atoms with Crippen LogP contribution in [-0.2, 0) is 10.0 Å². The van der Waals surface area contributed by atoms with Crippen molar-refractivity contribution >= 4 is 27.7 Å². The highest BCUT2D eigenvalue weighted by Crippen LogP contribution is 2.28. The quantitative estimate of drug-likeness (QED) is 0.875. The molecule has 1 aliphatic carbocycles. The summed E-state index contributed by atoms with van der Waals surface area (Å²) < 4.78 is 26.1. The Hall–Kier alpha value is -0.880. The van der Waals surface area contributed by atoms with Gasteiger partial charge in [-0.25, -0.2) is 13.1 Å². The summed E-state index contributed by atoms with van der Waals surface area (Å²) in [4.78, 5) is 0. The average molecular weight is 301 g/mol. The summed E-state index contributed by atoms with van der Waals surface area (Å²) in [7, 11) is -3.44. The minimum absolute atomic E-state index is 0.292. The zero-order valence-corrected chi connectivity index (χ0v) is 12.0. The maximum absolute atomic E-state index is 11.8. The van der Waals surface area contributed by atoms with Crippen molar-refractivity contribution in [2.24, 2.45) is 5.73 Å². The summed E-state index contributed by atoms with van der Waals surface area (Å²) in [6.07, 6.45) is 4.34. The molecule has 19 heavy (non-hydrogen) atoms. The number of hydrogen-bond acceptors (Lipinski definition) is 3. The first-order chi connectivity index (χ1) is 8.89. The van der Waals surface area contributed by atoms with Crippen LogP contribution in [0, 0.1) is 0 Å². The monoisotopic (exact) mass is 300 g/mol. The van der Waals surface area contributed by atoms with Crippen molar-refractivity contribution in [3.05, 3.63) is 40.3 Å². The highest BCUT2D eigenvalue weighted by Gasteiger charge is 2.33. The Morgan fingerprint density at radius 1 is 1.32 bits per heavy atom. The van der Waals surface area contributed by atoms with Gasteiger partial charge in [0.2, 0.25) is 10.0 Å². The van der Waals surface area contributed by atoms with Gasteiger partial charge in [-0.1, -0.05) is 23.7 Å². The second kappa shape index (κ2) is 5.63. The van der Waals surface area contributed by atoms with Crippen LogP contribution in [0.25, 0.3) is 6.08 Å². The Morgan fingerprint density at radius 3 is 2.47 bits per heavy atom. The van der Waals surface area contributed by atoms with Crippen molar-refractivity contribution in [2.75, 3.05) is 6.54 Å². The van der Waals surface area contributed by atoms with Gasteiger partial charge in [0, 0.05) is 22.5 Å². The highest BCUT2D eigenvalue weighted by atomic mass is 35.5. The predicted octanol–water partition coefficient (Wildman–Crippen LogP) is 2.11. The van der Waals surface area contributed by atoms with Gasteiger partial charge >= 0.3 is 0 Å². The van der Waals surface area contributed by atoms with Crippen LogP contribution in [0.5, 0.6) is 0 Å². The van der Waals surface area contributed by atoms with Crippen molar-refractivity contribution in [1.82, 2.24) is 4.72 Å². The molecule has 104 valence electrons. The third-order valence-electron chi connectivity index (χ3n) is 3.28. The minimum atomic E-state index is -3.44. The SMILES string of the molecule is NC1(CNS(=O)(=O)/C=C/c2ccc(Cl)cc2)CCC1. The molecule has 2 rings (SSSR count). The number of nitrogens with one attached hydrogen (secondary N) is 1. The van der Waals surface area contributed by atoms with Gasteiger partial charge in [0.05, 0.1) is 0 Å². The van der Waals surface area contributed by atoms with E-state index in [1.807, 2.05) is 0 Å². The van der Waals surface area contributed by atoms with Gasteiger partial charge in [-0.15, -0.1) is 0 Å². The Bertz CT molecular complexity index is 563. The van der Waals surface area contributed by atoms with Gasteiger partial charge in [0.25, 0.3) is 0 Å². The summed E-state index contributed by atoms with van der Waals surface area (Å²) in [5, 5.41) is 1.77. The second-order valence-electron chi connectivity index (χ2n) is 4.94. The van der Waals surface area contributed by atoms with E-state index in [1.54, 1.807) is 24.3 Å². The lowest BCUT2D eigenvalue weighted by molar-refractivity contribution is 0.251. The fourth-order valence-electron chi connectivity index (χ4n) is 1.84. The van der Waals surface area contributed by atoms with Crippen LogP contribution < -0.4 is 10.5 Å². The van der Waals surface area contributed by atoms with Gasteiger partial charge in [0.1, 0.15) is 0 Å². The number of benzene rings is 1. The second-order valence-corrected chi connectivity index (χ2v) is 7.02. The van der Waals surface area contributed by atoms with Gasteiger partial charge in [0.15, 0.2) is 0 Å². The van der Waals surface area contributed by atoms with Gasteiger partial charge in [-0.05, 0) is 43.0 Å². The van der Waals surface area contributed by atoms with Crippen LogP contribution in [0.4, 0.5) is 0 Å². The highest BCUT2D eigenvalue weighted by molar-refractivity contribution is 7.92. The van der Waals surface area contributed by atoms with E-state index in [1.165, 1.54) is 6.08 Å². The first-order valence-corrected chi connectivity index (χ1v) is 8.03. The number of sulfonamides is 1. The van der Waals surface area contributed by atoms with Crippen LogP contribution in [-0.4, -0.2) is 20.5 Å². The Kier molecular flexibility index (Phi) is 4.30. The van der Waals surface area contributed by atoms with Crippen molar-refractivity contribution in [2.45, 2.75) is 24.8 Å². The molecule has 1 aromatic rings. The van der Waals surface area contributed by atoms with Crippen LogP contribution in [0.15, 0.2) is 29.7 Å². The molecular weight excluding hydrogens is 284 g/mol. The summed E-state index contributed by atoms with van der Waals surface area (Å²) in [6, 6.07) is 6.93. The van der Waals surface area contributed by atoms with Crippen molar-refractivity contribution in [1.29, 1.82) is 0 Å². The normalized spacial score (nSPS) is 18.4. The van der Waals surface area contributed by atoms with Crippen LogP contribution in [0.1, 0.15) is 24.8 Å². The number of halogens is 1. The number of rotatable bonds is 5. The lowest BCUT2D eigenvalue weighted by atomic mass is 9.78. The van der Waals surface area contributed by atoms with Crippen LogP contribution >= 0.6 is 11.6 Å². The Labute approximate surface area is 118 Å². The molecule has 0 unspecified atom stereocenters. The predicted molar refractivity (Wildman–Crippen MR) is 78.2 cm³/mol. The van der Waals surface area contributed by atoms with E-state index >= 15 is 0 Å². The van der Waals surface area contributed by atoms with E-state index < -0.39 is 10.0 Å². The fourth-order valence-corrected chi connectivity index (χ4v) is 2.89.